The molecule has 0 spiro atoms. The quantitative estimate of drug-likeness (QED) is 0.678. The summed E-state index contributed by atoms with van der Waals surface area (Å²) < 4.78 is 10.4. The van der Waals surface area contributed by atoms with Crippen LogP contribution in [0.1, 0.15) is 21.5 Å². The summed E-state index contributed by atoms with van der Waals surface area (Å²) in [6.07, 6.45) is 0. The molecule has 0 radical (unpaired) electrons. The van der Waals surface area contributed by atoms with Crippen LogP contribution in [0.25, 0.3) is 0 Å². The average molecular weight is 391 g/mol. The summed E-state index contributed by atoms with van der Waals surface area (Å²) in [6, 6.07) is 10.3. The van der Waals surface area contributed by atoms with Gasteiger partial charge in [-0.1, -0.05) is 17.7 Å². The maximum absolute atomic E-state index is 12.1. The molecule has 7 heteroatoms. The van der Waals surface area contributed by atoms with E-state index in [0.29, 0.717) is 35.2 Å². The van der Waals surface area contributed by atoms with E-state index in [2.05, 4.69) is 10.6 Å². The highest BCUT2D eigenvalue weighted by atomic mass is 35.5. The summed E-state index contributed by atoms with van der Waals surface area (Å²) in [6.45, 7) is 4.46. The molecule has 144 valence electrons. The maximum atomic E-state index is 12.1. The van der Waals surface area contributed by atoms with Gasteiger partial charge in [0.1, 0.15) is 5.75 Å². The smallest absolute Gasteiger partial charge is 0.262 e. The Morgan fingerprint density at radius 3 is 2.48 bits per heavy atom. The molecule has 0 saturated heterocycles. The summed E-state index contributed by atoms with van der Waals surface area (Å²) in [5, 5.41) is 6.14. The van der Waals surface area contributed by atoms with Gasteiger partial charge < -0.3 is 20.1 Å². The molecule has 0 aliphatic carbocycles. The fraction of sp³-hybridized carbons (Fsp3) is 0.300. The van der Waals surface area contributed by atoms with Gasteiger partial charge >= 0.3 is 0 Å². The second kappa shape index (κ2) is 9.94. The minimum absolute atomic E-state index is 0.148. The molecule has 2 rings (SSSR count). The van der Waals surface area contributed by atoms with Crippen molar-refractivity contribution in [1.29, 1.82) is 0 Å². The second-order valence-corrected chi connectivity index (χ2v) is 6.42. The number of halogens is 1. The Morgan fingerprint density at radius 2 is 1.81 bits per heavy atom. The molecule has 0 saturated carbocycles. The number of ether oxygens (including phenoxy) is 2. The van der Waals surface area contributed by atoms with Crippen LogP contribution in [0.4, 0.5) is 5.69 Å². The number of hydrogen-bond donors (Lipinski definition) is 2. The molecular weight excluding hydrogens is 368 g/mol. The first-order valence-electron chi connectivity index (χ1n) is 8.47. The van der Waals surface area contributed by atoms with Crippen molar-refractivity contribution < 1.29 is 19.1 Å². The van der Waals surface area contributed by atoms with Crippen LogP contribution in [0.5, 0.6) is 5.75 Å². The van der Waals surface area contributed by atoms with Crippen molar-refractivity contribution in [1.82, 2.24) is 5.32 Å². The van der Waals surface area contributed by atoms with E-state index >= 15 is 0 Å². The Kier molecular flexibility index (Phi) is 7.64. The summed E-state index contributed by atoms with van der Waals surface area (Å²) in [5.41, 5.74) is 2.75. The third-order valence-electron chi connectivity index (χ3n) is 3.78. The predicted octanol–water partition coefficient (Wildman–Crippen LogP) is 3.35. The Hall–Kier alpha value is -2.57. The highest BCUT2D eigenvalue weighted by Gasteiger charge is 2.09. The van der Waals surface area contributed by atoms with Gasteiger partial charge in [0.15, 0.2) is 6.61 Å². The van der Waals surface area contributed by atoms with E-state index in [1.165, 1.54) is 0 Å². The Labute approximate surface area is 163 Å². The zero-order chi connectivity index (χ0) is 19.8. The maximum Gasteiger partial charge on any atom is 0.262 e. The highest BCUT2D eigenvalue weighted by molar-refractivity contribution is 6.32. The van der Waals surface area contributed by atoms with Gasteiger partial charge in [0.2, 0.25) is 0 Å². The lowest BCUT2D eigenvalue weighted by atomic mass is 10.1. The molecule has 0 atom stereocenters. The fourth-order valence-electron chi connectivity index (χ4n) is 2.44. The van der Waals surface area contributed by atoms with Crippen molar-refractivity contribution in [3.8, 4) is 5.75 Å². The van der Waals surface area contributed by atoms with E-state index in [-0.39, 0.29) is 18.4 Å². The van der Waals surface area contributed by atoms with Crippen LogP contribution < -0.4 is 15.4 Å². The van der Waals surface area contributed by atoms with Crippen LogP contribution in [-0.2, 0) is 9.53 Å². The van der Waals surface area contributed by atoms with Gasteiger partial charge in [-0.2, -0.15) is 0 Å². The van der Waals surface area contributed by atoms with Gasteiger partial charge in [-0.25, -0.2) is 0 Å². The van der Waals surface area contributed by atoms with Crippen LogP contribution in [0.15, 0.2) is 36.4 Å². The summed E-state index contributed by atoms with van der Waals surface area (Å²) >= 11 is 6.13. The van der Waals surface area contributed by atoms with E-state index in [1.54, 1.807) is 43.5 Å². The average Bonchev–Trinajstić information content (AvgIpc) is 2.64. The van der Waals surface area contributed by atoms with E-state index in [0.717, 1.165) is 11.1 Å². The van der Waals surface area contributed by atoms with Crippen LogP contribution in [-0.4, -0.2) is 38.7 Å². The van der Waals surface area contributed by atoms with Gasteiger partial charge in [0.25, 0.3) is 11.8 Å². The largest absolute Gasteiger partial charge is 0.484 e. The Balaban J connectivity index is 1.92. The van der Waals surface area contributed by atoms with Crippen LogP contribution >= 0.6 is 11.6 Å². The zero-order valence-corrected chi connectivity index (χ0v) is 16.4. The molecule has 0 aliphatic rings. The van der Waals surface area contributed by atoms with Gasteiger partial charge in [-0.3, -0.25) is 9.59 Å². The Bertz CT molecular complexity index is 800. The molecule has 0 heterocycles. The first-order valence-corrected chi connectivity index (χ1v) is 8.85. The van der Waals surface area contributed by atoms with Crippen molar-refractivity contribution in [3.63, 3.8) is 0 Å². The van der Waals surface area contributed by atoms with E-state index in [4.69, 9.17) is 21.1 Å². The molecule has 2 aromatic carbocycles. The first kappa shape index (κ1) is 20.7. The molecule has 2 amide bonds. The lowest BCUT2D eigenvalue weighted by molar-refractivity contribution is -0.118. The standard InChI is InChI=1S/C20H23ClN2O4/c1-13-9-17(10-14(2)19(13)21)27-12-18(24)23-16-6-4-5-15(11-16)20(25)22-7-8-26-3/h4-6,9-11H,7-8,12H2,1-3H3,(H,22,25)(H,23,24). The number of aryl methyl sites for hydroxylation is 2. The van der Waals surface area contributed by atoms with Gasteiger partial charge in [0.05, 0.1) is 6.61 Å². The summed E-state index contributed by atoms with van der Waals surface area (Å²) in [5.74, 6) is 0.0273. The van der Waals surface area contributed by atoms with E-state index in [1.807, 2.05) is 13.8 Å². The number of benzene rings is 2. The fourth-order valence-corrected chi connectivity index (χ4v) is 2.55. The first-order chi connectivity index (χ1) is 12.9. The van der Waals surface area contributed by atoms with E-state index in [9.17, 15) is 9.59 Å². The molecule has 0 aliphatic heterocycles. The number of carbonyl (C=O) groups is 2. The summed E-state index contributed by atoms with van der Waals surface area (Å²) in [4.78, 5) is 24.2. The lowest BCUT2D eigenvalue weighted by Crippen LogP contribution is -2.27. The van der Waals surface area contributed by atoms with Gasteiger partial charge in [-0.05, 0) is 55.3 Å². The summed E-state index contributed by atoms with van der Waals surface area (Å²) in [7, 11) is 1.57. The van der Waals surface area contributed by atoms with Crippen molar-refractivity contribution in [2.75, 3.05) is 32.2 Å². The van der Waals surface area contributed by atoms with Crippen LogP contribution in [0.2, 0.25) is 5.02 Å². The lowest BCUT2D eigenvalue weighted by Gasteiger charge is -2.11. The third kappa shape index (κ3) is 6.27. The molecule has 6 nitrogen and oxygen atoms in total. The molecule has 2 N–H and O–H groups in total. The predicted molar refractivity (Wildman–Crippen MR) is 106 cm³/mol. The van der Waals surface area contributed by atoms with E-state index < -0.39 is 0 Å². The minimum atomic E-state index is -0.322. The molecule has 2 aromatic rings. The number of carbonyl (C=O) groups excluding carboxylic acids is 2. The number of nitrogens with one attached hydrogen (secondary N) is 2. The van der Waals surface area contributed by atoms with Crippen molar-refractivity contribution >= 4 is 29.1 Å². The van der Waals surface area contributed by atoms with Crippen molar-refractivity contribution in [3.05, 3.63) is 58.1 Å². The molecule has 0 unspecified atom stereocenters. The van der Waals surface area contributed by atoms with Crippen molar-refractivity contribution in [2.45, 2.75) is 13.8 Å². The topological polar surface area (TPSA) is 76.7 Å². The molecule has 0 aromatic heterocycles. The monoisotopic (exact) mass is 390 g/mol. The number of anilines is 1. The SMILES string of the molecule is COCCNC(=O)c1cccc(NC(=O)COc2cc(C)c(Cl)c(C)c2)c1. The molecule has 27 heavy (non-hydrogen) atoms. The minimum Gasteiger partial charge on any atom is -0.484 e. The molecule has 0 bridgehead atoms. The molecular formula is C20H23ClN2O4. The van der Waals surface area contributed by atoms with Crippen LogP contribution in [0, 0.1) is 13.8 Å². The number of rotatable bonds is 8. The highest BCUT2D eigenvalue weighted by Crippen LogP contribution is 2.25. The second-order valence-electron chi connectivity index (χ2n) is 6.04. The number of amides is 2. The van der Waals surface area contributed by atoms with Gasteiger partial charge in [-0.15, -0.1) is 0 Å². The Morgan fingerprint density at radius 1 is 1.11 bits per heavy atom. The normalized spacial score (nSPS) is 10.4. The van der Waals surface area contributed by atoms with Gasteiger partial charge in [0, 0.05) is 29.9 Å². The zero-order valence-electron chi connectivity index (χ0n) is 15.6. The third-order valence-corrected chi connectivity index (χ3v) is 4.38. The number of hydrogen-bond acceptors (Lipinski definition) is 4. The van der Waals surface area contributed by atoms with Crippen LogP contribution in [0.3, 0.4) is 0 Å². The molecule has 0 fully saturated rings. The van der Waals surface area contributed by atoms with Crippen molar-refractivity contribution in [2.24, 2.45) is 0 Å². The number of methoxy groups -OCH3 is 1.